The van der Waals surface area contributed by atoms with Crippen molar-refractivity contribution in [1.82, 2.24) is 8.84 Å². The third-order valence-electron chi connectivity index (χ3n) is 4.21. The molecule has 0 spiro atoms. The molecule has 2 rings (SSSR count). The number of hydrogen-bond donors (Lipinski definition) is 0. The van der Waals surface area contributed by atoms with Crippen LogP contribution in [0.15, 0.2) is 60.7 Å². The highest BCUT2D eigenvalue weighted by molar-refractivity contribution is 6.13. The predicted molar refractivity (Wildman–Crippen MR) is 104 cm³/mol. The van der Waals surface area contributed by atoms with Crippen LogP contribution in [0.5, 0.6) is 0 Å². The second-order valence-electron chi connectivity index (χ2n) is 6.14. The minimum absolute atomic E-state index is 0.299. The Labute approximate surface area is 156 Å². The van der Waals surface area contributed by atoms with Gasteiger partial charge in [-0.3, -0.25) is 0 Å². The summed E-state index contributed by atoms with van der Waals surface area (Å²) in [5.41, 5.74) is 2.63. The van der Waals surface area contributed by atoms with E-state index in [9.17, 15) is 0 Å². The van der Waals surface area contributed by atoms with Gasteiger partial charge in [-0.1, -0.05) is 60.7 Å². The molecule has 2 aromatic carbocycles. The van der Waals surface area contributed by atoms with Gasteiger partial charge in [-0.25, -0.2) is 8.84 Å². The van der Waals surface area contributed by atoms with Gasteiger partial charge in [-0.05, 0) is 60.9 Å². The summed E-state index contributed by atoms with van der Waals surface area (Å²) in [4.78, 5) is 0. The van der Waals surface area contributed by atoms with Crippen LogP contribution in [0.25, 0.3) is 0 Å². The molecule has 0 aliphatic heterocycles. The molecule has 24 heavy (non-hydrogen) atoms. The highest BCUT2D eigenvalue weighted by Gasteiger charge is 2.13. The van der Waals surface area contributed by atoms with Crippen LogP contribution in [0, 0.1) is 0 Å². The highest BCUT2D eigenvalue weighted by Crippen LogP contribution is 2.12. The summed E-state index contributed by atoms with van der Waals surface area (Å²) in [6.07, 6.45) is 2.89. The lowest BCUT2D eigenvalue weighted by Crippen LogP contribution is -2.30. The van der Waals surface area contributed by atoms with Gasteiger partial charge in [-0.15, -0.1) is 0 Å². The molecule has 1 unspecified atom stereocenters. The molecule has 4 heteroatoms. The molecule has 0 fully saturated rings. The predicted octanol–water partition coefficient (Wildman–Crippen LogP) is 5.16. The second kappa shape index (κ2) is 10.7. The molecule has 2 nitrogen and oxygen atoms in total. The lowest BCUT2D eigenvalue weighted by Gasteiger charge is -2.23. The SMILES string of the molecule is CC(CCN(Cl)CCc1ccccc1)N(Cl)CCc1ccccc1. The van der Waals surface area contributed by atoms with Gasteiger partial charge in [0.05, 0.1) is 0 Å². The molecule has 2 aromatic rings. The molecule has 0 aliphatic rings. The number of rotatable bonds is 10. The first-order chi connectivity index (χ1) is 11.6. The van der Waals surface area contributed by atoms with E-state index in [-0.39, 0.29) is 0 Å². The summed E-state index contributed by atoms with van der Waals surface area (Å²) in [5.74, 6) is 0. The van der Waals surface area contributed by atoms with E-state index in [1.54, 1.807) is 0 Å². The van der Waals surface area contributed by atoms with Crippen molar-refractivity contribution in [3.63, 3.8) is 0 Å². The van der Waals surface area contributed by atoms with Crippen molar-refractivity contribution in [1.29, 1.82) is 0 Å². The van der Waals surface area contributed by atoms with E-state index in [0.29, 0.717) is 6.04 Å². The lowest BCUT2D eigenvalue weighted by atomic mass is 10.1. The van der Waals surface area contributed by atoms with Gasteiger partial charge in [-0.2, -0.15) is 0 Å². The van der Waals surface area contributed by atoms with E-state index in [1.165, 1.54) is 11.1 Å². The minimum atomic E-state index is 0.299. The topological polar surface area (TPSA) is 6.48 Å². The summed E-state index contributed by atoms with van der Waals surface area (Å²) in [5, 5.41) is 0. The first-order valence-electron chi connectivity index (χ1n) is 8.56. The Balaban J connectivity index is 1.63. The van der Waals surface area contributed by atoms with Crippen molar-refractivity contribution in [2.45, 2.75) is 32.2 Å². The number of halogens is 2. The van der Waals surface area contributed by atoms with E-state index < -0.39 is 0 Å². The molecule has 0 radical (unpaired) electrons. The normalized spacial score (nSPS) is 12.7. The van der Waals surface area contributed by atoms with Gasteiger partial charge in [0, 0.05) is 25.7 Å². The summed E-state index contributed by atoms with van der Waals surface area (Å²) >= 11 is 12.7. The maximum absolute atomic E-state index is 6.41. The standard InChI is InChI=1S/C20H26Cl2N2/c1-18(24(22)17-14-20-10-6-3-7-11-20)12-15-23(21)16-13-19-8-4-2-5-9-19/h2-11,18H,12-17H2,1H3. The minimum Gasteiger partial charge on any atom is -0.220 e. The first-order valence-corrected chi connectivity index (χ1v) is 9.24. The fourth-order valence-electron chi connectivity index (χ4n) is 2.57. The van der Waals surface area contributed by atoms with E-state index in [4.69, 9.17) is 23.6 Å². The first kappa shape index (κ1) is 19.3. The fourth-order valence-corrected chi connectivity index (χ4v) is 2.94. The van der Waals surface area contributed by atoms with Crippen molar-refractivity contribution in [3.8, 4) is 0 Å². The molecule has 0 saturated heterocycles. The second-order valence-corrected chi connectivity index (χ2v) is 7.05. The zero-order valence-corrected chi connectivity index (χ0v) is 15.8. The molecule has 0 amide bonds. The van der Waals surface area contributed by atoms with Crippen molar-refractivity contribution < 1.29 is 0 Å². The lowest BCUT2D eigenvalue weighted by molar-refractivity contribution is 0.315. The van der Waals surface area contributed by atoms with Crippen LogP contribution in [0.2, 0.25) is 0 Å². The molecule has 0 bridgehead atoms. The maximum Gasteiger partial charge on any atom is 0.0236 e. The van der Waals surface area contributed by atoms with Crippen molar-refractivity contribution >= 4 is 23.6 Å². The van der Waals surface area contributed by atoms with Gasteiger partial charge in [0.2, 0.25) is 0 Å². The van der Waals surface area contributed by atoms with Gasteiger partial charge < -0.3 is 0 Å². The van der Waals surface area contributed by atoms with Crippen LogP contribution >= 0.6 is 23.6 Å². The Bertz CT molecular complexity index is 562. The Kier molecular flexibility index (Phi) is 8.62. The van der Waals surface area contributed by atoms with Crippen LogP contribution in [0.4, 0.5) is 0 Å². The average molecular weight is 365 g/mol. The van der Waals surface area contributed by atoms with Gasteiger partial charge in [0.25, 0.3) is 0 Å². The Morgan fingerprint density at radius 3 is 1.79 bits per heavy atom. The summed E-state index contributed by atoms with van der Waals surface area (Å²) in [7, 11) is 0. The molecule has 1 atom stereocenters. The van der Waals surface area contributed by atoms with Gasteiger partial charge in [0.15, 0.2) is 0 Å². The third-order valence-corrected chi connectivity index (χ3v) is 5.05. The van der Waals surface area contributed by atoms with Gasteiger partial charge >= 0.3 is 0 Å². The third kappa shape index (κ3) is 7.23. The quantitative estimate of drug-likeness (QED) is 0.537. The molecule has 130 valence electrons. The van der Waals surface area contributed by atoms with E-state index in [1.807, 2.05) is 21.0 Å². The molecule has 0 heterocycles. The molecule has 0 aromatic heterocycles. The van der Waals surface area contributed by atoms with Crippen molar-refractivity contribution in [2.75, 3.05) is 19.6 Å². The van der Waals surface area contributed by atoms with E-state index in [2.05, 4.69) is 55.5 Å². The van der Waals surface area contributed by atoms with E-state index in [0.717, 1.165) is 38.9 Å². The zero-order chi connectivity index (χ0) is 17.2. The summed E-state index contributed by atoms with van der Waals surface area (Å²) in [6, 6.07) is 21.2. The molecular weight excluding hydrogens is 339 g/mol. The summed E-state index contributed by atoms with van der Waals surface area (Å²) in [6.45, 7) is 4.69. The van der Waals surface area contributed by atoms with Crippen LogP contribution in [-0.4, -0.2) is 34.5 Å². The maximum atomic E-state index is 6.41. The average Bonchev–Trinajstić information content (AvgIpc) is 2.64. The number of benzene rings is 2. The molecule has 0 saturated carbocycles. The largest absolute Gasteiger partial charge is 0.220 e. The zero-order valence-electron chi connectivity index (χ0n) is 14.2. The summed E-state index contributed by atoms with van der Waals surface area (Å²) < 4.78 is 3.76. The molecular formula is C20H26Cl2N2. The van der Waals surface area contributed by atoms with Crippen LogP contribution in [-0.2, 0) is 12.8 Å². The fraction of sp³-hybridized carbons (Fsp3) is 0.400. The number of nitrogens with zero attached hydrogens (tertiary/aromatic N) is 2. The van der Waals surface area contributed by atoms with Crippen molar-refractivity contribution in [2.24, 2.45) is 0 Å². The Morgan fingerprint density at radius 2 is 1.25 bits per heavy atom. The Morgan fingerprint density at radius 1 is 0.750 bits per heavy atom. The molecule has 0 aliphatic carbocycles. The van der Waals surface area contributed by atoms with Gasteiger partial charge in [0.1, 0.15) is 0 Å². The monoisotopic (exact) mass is 364 g/mol. The van der Waals surface area contributed by atoms with Crippen LogP contribution in [0.3, 0.4) is 0 Å². The molecule has 0 N–H and O–H groups in total. The van der Waals surface area contributed by atoms with Crippen LogP contribution < -0.4 is 0 Å². The Hall–Kier alpha value is -1.06. The smallest absolute Gasteiger partial charge is 0.0236 e. The van der Waals surface area contributed by atoms with E-state index >= 15 is 0 Å². The van der Waals surface area contributed by atoms with Crippen molar-refractivity contribution in [3.05, 3.63) is 71.8 Å². The van der Waals surface area contributed by atoms with Crippen LogP contribution in [0.1, 0.15) is 24.5 Å². The highest BCUT2D eigenvalue weighted by atomic mass is 35.5. The number of hydrogen-bond acceptors (Lipinski definition) is 2.